The van der Waals surface area contributed by atoms with Crippen molar-refractivity contribution in [1.29, 1.82) is 0 Å². The summed E-state index contributed by atoms with van der Waals surface area (Å²) in [7, 11) is 0. The number of rotatable bonds is 7. The maximum atomic E-state index is 14.3. The zero-order chi connectivity index (χ0) is 26.9. The molecule has 0 saturated carbocycles. The van der Waals surface area contributed by atoms with E-state index in [0.717, 1.165) is 5.56 Å². The molecule has 0 N–H and O–H groups in total. The second-order valence-corrected chi connectivity index (χ2v) is 8.98. The highest BCUT2D eigenvalue weighted by Gasteiger charge is 2.37. The zero-order valence-electron chi connectivity index (χ0n) is 19.4. The molecule has 0 radical (unpaired) electrons. The van der Waals surface area contributed by atoms with Gasteiger partial charge in [0.2, 0.25) is 5.82 Å². The van der Waals surface area contributed by atoms with Crippen LogP contribution in [0.5, 0.6) is 11.5 Å². The van der Waals surface area contributed by atoms with E-state index in [1.165, 1.54) is 13.0 Å². The second-order valence-electron chi connectivity index (χ2n) is 7.82. The van der Waals surface area contributed by atoms with E-state index in [9.17, 15) is 26.7 Å². The minimum Gasteiger partial charge on any atom is -0.490 e. The number of halogens is 6. The van der Waals surface area contributed by atoms with Gasteiger partial charge < -0.3 is 9.47 Å². The van der Waals surface area contributed by atoms with Crippen molar-refractivity contribution >= 4 is 46.0 Å². The van der Waals surface area contributed by atoms with Gasteiger partial charge in [-0.1, -0.05) is 30.3 Å². The molecule has 3 aromatic carbocycles. The van der Waals surface area contributed by atoms with Gasteiger partial charge in [0.25, 0.3) is 5.91 Å². The molecule has 0 aromatic heterocycles. The van der Waals surface area contributed by atoms with E-state index in [4.69, 9.17) is 9.47 Å². The van der Waals surface area contributed by atoms with Crippen molar-refractivity contribution in [3.05, 3.63) is 91.8 Å². The fourth-order valence-corrected chi connectivity index (χ4v) is 4.37. The normalized spacial score (nSPS) is 14.4. The Morgan fingerprint density at radius 2 is 1.57 bits per heavy atom. The zero-order valence-corrected chi connectivity index (χ0v) is 21.6. The Kier molecular flexibility index (Phi) is 7.81. The van der Waals surface area contributed by atoms with Crippen molar-refractivity contribution in [1.82, 2.24) is 0 Å². The highest BCUT2D eigenvalue weighted by molar-refractivity contribution is 14.1. The van der Waals surface area contributed by atoms with Crippen molar-refractivity contribution in [3.8, 4) is 11.5 Å². The molecule has 0 fully saturated rings. The van der Waals surface area contributed by atoms with Crippen LogP contribution >= 0.6 is 22.6 Å². The average Bonchev–Trinajstić information content (AvgIpc) is 3.15. The number of hydrogen-bond acceptors (Lipinski definition) is 4. The number of hydrogen-bond donors (Lipinski definition) is 0. The lowest BCUT2D eigenvalue weighted by molar-refractivity contribution is -0.114. The molecular weight excluding hydrogens is 610 g/mol. The van der Waals surface area contributed by atoms with Crippen LogP contribution in [-0.2, 0) is 11.4 Å². The van der Waals surface area contributed by atoms with Gasteiger partial charge in [-0.3, -0.25) is 4.79 Å². The van der Waals surface area contributed by atoms with Gasteiger partial charge in [0.05, 0.1) is 21.5 Å². The van der Waals surface area contributed by atoms with E-state index in [1.807, 2.05) is 52.9 Å². The quantitative estimate of drug-likeness (QED) is 0.0955. The van der Waals surface area contributed by atoms with Crippen molar-refractivity contribution in [2.45, 2.75) is 20.5 Å². The Hall–Kier alpha value is -3.48. The van der Waals surface area contributed by atoms with E-state index >= 15 is 0 Å². The SMILES string of the molecule is CCOc1cc(/C=C2\C(=O)N(c3c(F)c(F)c(F)c(F)c3F)N=C2C)cc(I)c1OCc1ccccc1. The molecule has 1 heterocycles. The van der Waals surface area contributed by atoms with Crippen LogP contribution in [0.25, 0.3) is 6.08 Å². The first-order chi connectivity index (χ1) is 17.6. The van der Waals surface area contributed by atoms with Gasteiger partial charge in [0, 0.05) is 0 Å². The number of carbonyl (C=O) groups is 1. The molecule has 0 atom stereocenters. The second kappa shape index (κ2) is 10.9. The summed E-state index contributed by atoms with van der Waals surface area (Å²) in [6.07, 6.45) is 1.39. The van der Waals surface area contributed by atoms with E-state index < -0.39 is 40.7 Å². The van der Waals surface area contributed by atoms with Gasteiger partial charge in [0.15, 0.2) is 34.8 Å². The minimum absolute atomic E-state index is 0.0197. The molecule has 1 amide bonds. The predicted molar refractivity (Wildman–Crippen MR) is 136 cm³/mol. The molecule has 1 aliphatic heterocycles. The topological polar surface area (TPSA) is 51.1 Å². The summed E-state index contributed by atoms with van der Waals surface area (Å²) in [6.45, 7) is 3.78. The van der Waals surface area contributed by atoms with Crippen LogP contribution in [0.1, 0.15) is 25.0 Å². The Bertz CT molecular complexity index is 1420. The van der Waals surface area contributed by atoms with Crippen LogP contribution in [-0.4, -0.2) is 18.2 Å². The highest BCUT2D eigenvalue weighted by Crippen LogP contribution is 2.37. The molecule has 11 heteroatoms. The van der Waals surface area contributed by atoms with Crippen molar-refractivity contribution in [2.24, 2.45) is 5.10 Å². The number of amides is 1. The lowest BCUT2D eigenvalue weighted by Gasteiger charge is -2.16. The number of nitrogens with zero attached hydrogens (tertiary/aromatic N) is 2. The standard InChI is InChI=1S/C26H18F5IN2O3/c1-3-36-18-11-15(10-17(32)25(18)37-12-14-7-5-4-6-8-14)9-16-13(2)33-34(26(16)35)24-22(30)20(28)19(27)21(29)23(24)31/h4-11H,3,12H2,1-2H3/b16-9-. The van der Waals surface area contributed by atoms with Gasteiger partial charge in [-0.15, -0.1) is 0 Å². The van der Waals surface area contributed by atoms with Gasteiger partial charge >= 0.3 is 0 Å². The molecule has 0 saturated heterocycles. The first-order valence-corrected chi connectivity index (χ1v) is 12.0. The monoisotopic (exact) mass is 628 g/mol. The van der Waals surface area contributed by atoms with Crippen LogP contribution in [0.3, 0.4) is 0 Å². The summed E-state index contributed by atoms with van der Waals surface area (Å²) in [6, 6.07) is 12.8. The smallest absolute Gasteiger partial charge is 0.280 e. The molecule has 3 aromatic rings. The molecule has 0 bridgehead atoms. The first kappa shape index (κ1) is 26.6. The van der Waals surface area contributed by atoms with E-state index in [-0.39, 0.29) is 16.3 Å². The van der Waals surface area contributed by atoms with Gasteiger partial charge in [-0.2, -0.15) is 10.1 Å². The molecule has 192 valence electrons. The van der Waals surface area contributed by atoms with Crippen LogP contribution in [0.15, 0.2) is 53.1 Å². The highest BCUT2D eigenvalue weighted by atomic mass is 127. The third-order valence-corrected chi connectivity index (χ3v) is 6.13. The van der Waals surface area contributed by atoms with Crippen molar-refractivity contribution in [2.75, 3.05) is 11.6 Å². The predicted octanol–water partition coefficient (Wildman–Crippen LogP) is 6.77. The van der Waals surface area contributed by atoms with Gasteiger partial charge in [-0.05, 0) is 65.8 Å². The average molecular weight is 628 g/mol. The minimum atomic E-state index is -2.32. The third-order valence-electron chi connectivity index (χ3n) is 5.33. The summed E-state index contributed by atoms with van der Waals surface area (Å²) in [4.78, 5) is 13.0. The van der Waals surface area contributed by atoms with E-state index in [1.54, 1.807) is 19.1 Å². The molecule has 0 unspecified atom stereocenters. The number of ether oxygens (including phenoxy) is 2. The summed E-state index contributed by atoms with van der Waals surface area (Å²) >= 11 is 2.05. The Morgan fingerprint density at radius 3 is 2.19 bits per heavy atom. The van der Waals surface area contributed by atoms with E-state index in [0.29, 0.717) is 33.8 Å². The number of hydrazone groups is 1. The van der Waals surface area contributed by atoms with E-state index in [2.05, 4.69) is 5.10 Å². The lowest BCUT2D eigenvalue weighted by atomic mass is 10.1. The number of carbonyl (C=O) groups excluding carboxylic acids is 1. The molecule has 0 aliphatic carbocycles. The maximum Gasteiger partial charge on any atom is 0.280 e. The van der Waals surface area contributed by atoms with Crippen LogP contribution in [0, 0.1) is 32.7 Å². The Labute approximate surface area is 222 Å². The molecule has 1 aliphatic rings. The largest absolute Gasteiger partial charge is 0.490 e. The third kappa shape index (κ3) is 5.17. The van der Waals surface area contributed by atoms with Crippen LogP contribution < -0.4 is 14.5 Å². The molecule has 37 heavy (non-hydrogen) atoms. The van der Waals surface area contributed by atoms with Gasteiger partial charge in [0.1, 0.15) is 12.3 Å². The van der Waals surface area contributed by atoms with Gasteiger partial charge in [-0.25, -0.2) is 22.0 Å². The molecule has 5 nitrogen and oxygen atoms in total. The Morgan fingerprint density at radius 1 is 0.946 bits per heavy atom. The number of anilines is 1. The fraction of sp³-hybridized carbons (Fsp3) is 0.154. The molecular formula is C26H18F5IN2O3. The summed E-state index contributed by atoms with van der Waals surface area (Å²) in [5.41, 5.74) is -0.106. The lowest BCUT2D eigenvalue weighted by Crippen LogP contribution is -2.25. The summed E-state index contributed by atoms with van der Waals surface area (Å²) in [5.74, 6) is -11.2. The summed E-state index contributed by atoms with van der Waals surface area (Å²) in [5, 5.41) is 3.92. The summed E-state index contributed by atoms with van der Waals surface area (Å²) < 4.78 is 81.8. The molecule has 0 spiro atoms. The first-order valence-electron chi connectivity index (χ1n) is 10.9. The van der Waals surface area contributed by atoms with Crippen molar-refractivity contribution in [3.63, 3.8) is 0 Å². The van der Waals surface area contributed by atoms with Crippen LogP contribution in [0.4, 0.5) is 27.6 Å². The molecule has 4 rings (SSSR count). The number of benzene rings is 3. The van der Waals surface area contributed by atoms with Crippen molar-refractivity contribution < 1.29 is 36.2 Å². The maximum absolute atomic E-state index is 14.3. The van der Waals surface area contributed by atoms with Crippen LogP contribution in [0.2, 0.25) is 0 Å². The Balaban J connectivity index is 1.68. The fourth-order valence-electron chi connectivity index (χ4n) is 3.59.